The monoisotopic (exact) mass is 385 g/mol. The molecular formula is C14H13BrFN3O2S. The summed E-state index contributed by atoms with van der Waals surface area (Å²) in [5, 5.41) is 6.37. The predicted molar refractivity (Wildman–Crippen MR) is 87.8 cm³/mol. The lowest BCUT2D eigenvalue weighted by atomic mass is 10.2. The van der Waals surface area contributed by atoms with E-state index in [4.69, 9.17) is 4.74 Å². The van der Waals surface area contributed by atoms with Crippen molar-refractivity contribution in [3.05, 3.63) is 45.1 Å². The van der Waals surface area contributed by atoms with Gasteiger partial charge in [0, 0.05) is 15.4 Å². The highest BCUT2D eigenvalue weighted by molar-refractivity contribution is 9.10. The van der Waals surface area contributed by atoms with Gasteiger partial charge in [0.15, 0.2) is 0 Å². The molecule has 0 spiro atoms. The van der Waals surface area contributed by atoms with Crippen LogP contribution in [0.3, 0.4) is 0 Å². The van der Waals surface area contributed by atoms with Gasteiger partial charge < -0.3 is 4.74 Å². The lowest BCUT2D eigenvalue weighted by Crippen LogP contribution is -2.07. The van der Waals surface area contributed by atoms with Crippen LogP contribution in [0.15, 0.2) is 33.2 Å². The summed E-state index contributed by atoms with van der Waals surface area (Å²) in [4.78, 5) is 15.6. The molecular weight excluding hydrogens is 373 g/mol. The van der Waals surface area contributed by atoms with Gasteiger partial charge in [-0.2, -0.15) is 5.10 Å². The van der Waals surface area contributed by atoms with Gasteiger partial charge in [0.05, 0.1) is 24.9 Å². The number of anilines is 1. The molecule has 2 aromatic rings. The Morgan fingerprint density at radius 3 is 3.14 bits per heavy atom. The van der Waals surface area contributed by atoms with E-state index in [0.717, 1.165) is 5.56 Å². The number of halogens is 2. The van der Waals surface area contributed by atoms with Crippen molar-refractivity contribution in [1.82, 2.24) is 4.98 Å². The number of esters is 1. The second-order valence-electron chi connectivity index (χ2n) is 4.16. The summed E-state index contributed by atoms with van der Waals surface area (Å²) in [5.41, 5.74) is 4.13. The Kier molecular flexibility index (Phi) is 6.02. The zero-order valence-corrected chi connectivity index (χ0v) is 14.1. The number of nitrogens with one attached hydrogen (secondary N) is 1. The first-order chi connectivity index (χ1) is 10.6. The Labute approximate surface area is 139 Å². The van der Waals surface area contributed by atoms with Gasteiger partial charge in [-0.15, -0.1) is 11.3 Å². The summed E-state index contributed by atoms with van der Waals surface area (Å²) in [6, 6.07) is 4.33. The molecule has 0 bridgehead atoms. The molecule has 0 aliphatic heterocycles. The number of hydrazone groups is 1. The minimum atomic E-state index is -0.319. The minimum absolute atomic E-state index is 0.138. The molecule has 0 amide bonds. The number of hydrogen-bond donors (Lipinski definition) is 1. The maximum Gasteiger partial charge on any atom is 0.311 e. The zero-order chi connectivity index (χ0) is 15.9. The van der Waals surface area contributed by atoms with Crippen molar-refractivity contribution >= 4 is 44.6 Å². The smallest absolute Gasteiger partial charge is 0.311 e. The van der Waals surface area contributed by atoms with Crippen LogP contribution in [-0.4, -0.2) is 23.8 Å². The average Bonchev–Trinajstić information content (AvgIpc) is 2.89. The molecule has 5 nitrogen and oxygen atoms in total. The summed E-state index contributed by atoms with van der Waals surface area (Å²) in [6.45, 7) is 2.11. The summed E-state index contributed by atoms with van der Waals surface area (Å²) in [7, 11) is 0. The van der Waals surface area contributed by atoms with Crippen molar-refractivity contribution in [1.29, 1.82) is 0 Å². The topological polar surface area (TPSA) is 63.6 Å². The third-order valence-corrected chi connectivity index (χ3v) is 3.99. The fourth-order valence-electron chi connectivity index (χ4n) is 1.56. The number of benzene rings is 1. The molecule has 0 radical (unpaired) electrons. The van der Waals surface area contributed by atoms with Crippen molar-refractivity contribution in [2.24, 2.45) is 5.10 Å². The standard InChI is InChI=1S/C14H13BrFN3O2S/c1-2-21-13(20)6-11-8-22-14(18-11)19-17-7-9-3-4-10(16)5-12(9)15/h3-5,7-8H,2,6H2,1H3,(H,18,19). The summed E-state index contributed by atoms with van der Waals surface area (Å²) in [5.74, 6) is -0.626. The number of rotatable bonds is 6. The maximum atomic E-state index is 13.0. The number of carbonyl (C=O) groups excluding carboxylic acids is 1. The van der Waals surface area contributed by atoms with Crippen LogP contribution in [0.25, 0.3) is 0 Å². The van der Waals surface area contributed by atoms with Gasteiger partial charge in [0.2, 0.25) is 5.13 Å². The van der Waals surface area contributed by atoms with Crippen LogP contribution < -0.4 is 5.43 Å². The molecule has 0 fully saturated rings. The SMILES string of the molecule is CCOC(=O)Cc1csc(NN=Cc2ccc(F)cc2Br)n1. The van der Waals surface area contributed by atoms with E-state index in [-0.39, 0.29) is 18.2 Å². The fraction of sp³-hybridized carbons (Fsp3) is 0.214. The summed E-state index contributed by atoms with van der Waals surface area (Å²) in [6.07, 6.45) is 1.69. The molecule has 22 heavy (non-hydrogen) atoms. The van der Waals surface area contributed by atoms with Crippen LogP contribution in [0.5, 0.6) is 0 Å². The molecule has 1 N–H and O–H groups in total. The Morgan fingerprint density at radius 2 is 2.41 bits per heavy atom. The first-order valence-corrected chi connectivity index (χ1v) is 8.10. The van der Waals surface area contributed by atoms with Gasteiger partial charge in [-0.1, -0.05) is 15.9 Å². The van der Waals surface area contributed by atoms with Crippen LogP contribution in [0.4, 0.5) is 9.52 Å². The van der Waals surface area contributed by atoms with E-state index < -0.39 is 0 Å². The van der Waals surface area contributed by atoms with Gasteiger partial charge in [0.25, 0.3) is 0 Å². The number of thiazole rings is 1. The molecule has 0 saturated heterocycles. The minimum Gasteiger partial charge on any atom is -0.466 e. The average molecular weight is 386 g/mol. The molecule has 0 unspecified atom stereocenters. The first-order valence-electron chi connectivity index (χ1n) is 6.42. The molecule has 0 aliphatic carbocycles. The Hall–Kier alpha value is -1.80. The van der Waals surface area contributed by atoms with Crippen LogP contribution in [0.1, 0.15) is 18.2 Å². The maximum absolute atomic E-state index is 13.0. The summed E-state index contributed by atoms with van der Waals surface area (Å²) >= 11 is 4.59. The van der Waals surface area contributed by atoms with Gasteiger partial charge >= 0.3 is 5.97 Å². The third kappa shape index (κ3) is 4.88. The first kappa shape index (κ1) is 16.6. The highest BCUT2D eigenvalue weighted by Crippen LogP contribution is 2.18. The Morgan fingerprint density at radius 1 is 1.59 bits per heavy atom. The lowest BCUT2D eigenvalue weighted by molar-refractivity contribution is -0.142. The van der Waals surface area contributed by atoms with E-state index in [1.165, 1.54) is 23.5 Å². The van der Waals surface area contributed by atoms with Crippen molar-refractivity contribution in [3.63, 3.8) is 0 Å². The molecule has 1 aromatic carbocycles. The molecule has 116 valence electrons. The van der Waals surface area contributed by atoms with Gasteiger partial charge in [0.1, 0.15) is 5.82 Å². The van der Waals surface area contributed by atoms with Crippen molar-refractivity contribution < 1.29 is 13.9 Å². The van der Waals surface area contributed by atoms with E-state index in [9.17, 15) is 9.18 Å². The number of hydrogen-bond acceptors (Lipinski definition) is 6. The molecule has 0 aliphatic rings. The van der Waals surface area contributed by atoms with E-state index >= 15 is 0 Å². The molecule has 2 rings (SSSR count). The van der Waals surface area contributed by atoms with E-state index in [1.54, 1.807) is 24.6 Å². The Bertz CT molecular complexity index is 690. The number of carbonyl (C=O) groups is 1. The molecule has 8 heteroatoms. The van der Waals surface area contributed by atoms with E-state index in [1.807, 2.05) is 0 Å². The fourth-order valence-corrected chi connectivity index (χ4v) is 2.67. The van der Waals surface area contributed by atoms with Crippen LogP contribution in [0.2, 0.25) is 0 Å². The van der Waals surface area contributed by atoms with Crippen LogP contribution in [-0.2, 0) is 16.0 Å². The largest absolute Gasteiger partial charge is 0.466 e. The van der Waals surface area contributed by atoms with Gasteiger partial charge in [-0.25, -0.2) is 9.37 Å². The Balaban J connectivity index is 1.93. The van der Waals surface area contributed by atoms with Crippen LogP contribution in [0, 0.1) is 5.82 Å². The van der Waals surface area contributed by atoms with Gasteiger partial charge in [-0.05, 0) is 25.1 Å². The van der Waals surface area contributed by atoms with Crippen molar-refractivity contribution in [2.45, 2.75) is 13.3 Å². The third-order valence-electron chi connectivity index (χ3n) is 2.51. The van der Waals surface area contributed by atoms with E-state index in [0.29, 0.717) is 21.9 Å². The van der Waals surface area contributed by atoms with Crippen molar-refractivity contribution in [3.8, 4) is 0 Å². The number of nitrogens with zero attached hydrogens (tertiary/aromatic N) is 2. The number of aromatic nitrogens is 1. The highest BCUT2D eigenvalue weighted by Gasteiger charge is 2.07. The number of ether oxygens (including phenoxy) is 1. The van der Waals surface area contributed by atoms with Crippen molar-refractivity contribution in [2.75, 3.05) is 12.0 Å². The quantitative estimate of drug-likeness (QED) is 0.468. The predicted octanol–water partition coefficient (Wildman–Crippen LogP) is 3.60. The van der Waals surface area contributed by atoms with Gasteiger partial charge in [-0.3, -0.25) is 10.2 Å². The second-order valence-corrected chi connectivity index (χ2v) is 5.87. The lowest BCUT2D eigenvalue weighted by Gasteiger charge is -1.99. The molecule has 1 heterocycles. The molecule has 0 atom stereocenters. The zero-order valence-electron chi connectivity index (χ0n) is 11.7. The highest BCUT2D eigenvalue weighted by atomic mass is 79.9. The second kappa shape index (κ2) is 8.00. The normalized spacial score (nSPS) is 10.9. The molecule has 1 aromatic heterocycles. The van der Waals surface area contributed by atoms with Crippen LogP contribution >= 0.6 is 27.3 Å². The summed E-state index contributed by atoms with van der Waals surface area (Å²) < 4.78 is 18.4. The molecule has 0 saturated carbocycles. The van der Waals surface area contributed by atoms with E-state index in [2.05, 4.69) is 31.4 Å².